The second kappa shape index (κ2) is 5.11. The molecular weight excluding hydrogens is 307 g/mol. The number of alkyl halides is 2. The van der Waals surface area contributed by atoms with E-state index in [0.717, 1.165) is 22.6 Å². The van der Waals surface area contributed by atoms with Crippen LogP contribution in [0.3, 0.4) is 0 Å². The Hall–Kier alpha value is -1.38. The van der Waals surface area contributed by atoms with Gasteiger partial charge in [0.25, 0.3) is 0 Å². The Morgan fingerprint density at radius 2 is 1.10 bits per heavy atom. The number of hydrogen-bond donors (Lipinski definition) is 0. The predicted octanol–water partition coefficient (Wildman–Crippen LogP) is 4.57. The smallest absolute Gasteiger partial charge is 0.133 e. The highest BCUT2D eigenvalue weighted by Crippen LogP contribution is 2.68. The van der Waals surface area contributed by atoms with Crippen LogP contribution in [-0.2, 0) is 5.41 Å². The molecule has 0 radical (unpaired) electrons. The van der Waals surface area contributed by atoms with E-state index in [1.54, 1.807) is 14.2 Å². The second-order valence-corrected chi connectivity index (χ2v) is 6.73. The van der Waals surface area contributed by atoms with Gasteiger partial charge in [0.1, 0.15) is 15.8 Å². The number of benzene rings is 2. The zero-order chi connectivity index (χ0) is 15.1. The number of rotatable bonds is 4. The van der Waals surface area contributed by atoms with E-state index in [1.165, 1.54) is 0 Å². The van der Waals surface area contributed by atoms with Gasteiger partial charge in [0.2, 0.25) is 0 Å². The Bertz CT molecular complexity index is 585. The zero-order valence-corrected chi connectivity index (χ0v) is 13.4. The van der Waals surface area contributed by atoms with Gasteiger partial charge in [-0.05, 0) is 41.8 Å². The average Bonchev–Trinajstić information content (AvgIpc) is 3.11. The first-order valence-electron chi connectivity index (χ1n) is 6.70. The first-order chi connectivity index (χ1) is 10.0. The van der Waals surface area contributed by atoms with E-state index in [2.05, 4.69) is 0 Å². The maximum Gasteiger partial charge on any atom is 0.133 e. The van der Waals surface area contributed by atoms with Crippen molar-refractivity contribution in [2.75, 3.05) is 14.2 Å². The molecule has 0 aliphatic heterocycles. The topological polar surface area (TPSA) is 18.5 Å². The largest absolute Gasteiger partial charge is 0.497 e. The Balaban J connectivity index is 2.03. The van der Waals surface area contributed by atoms with Crippen LogP contribution in [0.1, 0.15) is 17.5 Å². The lowest BCUT2D eigenvalue weighted by Crippen LogP contribution is -2.16. The minimum absolute atomic E-state index is 0.366. The summed E-state index contributed by atoms with van der Waals surface area (Å²) in [5, 5.41) is 0. The van der Waals surface area contributed by atoms with Crippen LogP contribution in [0.2, 0.25) is 0 Å². The zero-order valence-electron chi connectivity index (χ0n) is 11.9. The number of ether oxygens (including phenoxy) is 2. The first kappa shape index (κ1) is 14.6. The second-order valence-electron chi connectivity index (χ2n) is 5.24. The molecule has 1 aliphatic carbocycles. The van der Waals surface area contributed by atoms with Crippen molar-refractivity contribution >= 4 is 23.2 Å². The van der Waals surface area contributed by atoms with Gasteiger partial charge in [-0.2, -0.15) is 0 Å². The van der Waals surface area contributed by atoms with Crippen LogP contribution in [0.15, 0.2) is 48.5 Å². The summed E-state index contributed by atoms with van der Waals surface area (Å²) in [5.74, 6) is 1.64. The highest BCUT2D eigenvalue weighted by atomic mass is 35.5. The standard InChI is InChI=1S/C17H16Cl2O2/c1-20-14-7-3-12(4-8-14)16(11-17(16,18)19)13-5-9-15(21-2)10-6-13/h3-10H,11H2,1-2H3. The fourth-order valence-corrected chi connectivity index (χ4v) is 3.67. The molecule has 0 saturated heterocycles. The van der Waals surface area contributed by atoms with E-state index in [1.807, 2.05) is 48.5 Å². The molecule has 0 aromatic heterocycles. The summed E-state index contributed by atoms with van der Waals surface area (Å²) < 4.78 is 9.63. The molecule has 0 atom stereocenters. The Morgan fingerprint density at radius 3 is 1.33 bits per heavy atom. The third-order valence-corrected chi connectivity index (χ3v) is 5.06. The molecule has 0 N–H and O–H groups in total. The minimum atomic E-state index is -0.782. The third-order valence-electron chi connectivity index (χ3n) is 4.15. The van der Waals surface area contributed by atoms with Crippen molar-refractivity contribution in [3.63, 3.8) is 0 Å². The molecule has 0 amide bonds. The lowest BCUT2D eigenvalue weighted by atomic mass is 9.88. The molecule has 1 saturated carbocycles. The van der Waals surface area contributed by atoms with E-state index < -0.39 is 4.33 Å². The summed E-state index contributed by atoms with van der Waals surface area (Å²) >= 11 is 13.0. The minimum Gasteiger partial charge on any atom is -0.497 e. The molecule has 1 fully saturated rings. The van der Waals surface area contributed by atoms with Crippen molar-refractivity contribution in [2.45, 2.75) is 16.2 Å². The molecule has 2 aromatic carbocycles. The van der Waals surface area contributed by atoms with Crippen LogP contribution in [0.4, 0.5) is 0 Å². The quantitative estimate of drug-likeness (QED) is 0.768. The number of hydrogen-bond acceptors (Lipinski definition) is 2. The molecule has 2 aromatic rings. The van der Waals surface area contributed by atoms with Crippen molar-refractivity contribution < 1.29 is 9.47 Å². The fourth-order valence-electron chi connectivity index (χ4n) is 2.83. The molecule has 110 valence electrons. The Labute approximate surface area is 134 Å². The Kier molecular flexibility index (Phi) is 3.54. The molecule has 0 spiro atoms. The number of halogens is 2. The summed E-state index contributed by atoms with van der Waals surface area (Å²) in [5.41, 5.74) is 1.83. The third kappa shape index (κ3) is 2.27. The van der Waals surface area contributed by atoms with Gasteiger partial charge in [0.05, 0.1) is 19.6 Å². The van der Waals surface area contributed by atoms with E-state index in [0.29, 0.717) is 6.42 Å². The molecule has 0 bridgehead atoms. The van der Waals surface area contributed by atoms with Crippen LogP contribution in [-0.4, -0.2) is 18.6 Å². The molecule has 4 heteroatoms. The van der Waals surface area contributed by atoms with Gasteiger partial charge in [-0.1, -0.05) is 24.3 Å². The fraction of sp³-hybridized carbons (Fsp3) is 0.294. The molecule has 21 heavy (non-hydrogen) atoms. The van der Waals surface area contributed by atoms with Crippen LogP contribution >= 0.6 is 23.2 Å². The van der Waals surface area contributed by atoms with Crippen molar-refractivity contribution in [1.29, 1.82) is 0 Å². The van der Waals surface area contributed by atoms with Crippen LogP contribution in [0.25, 0.3) is 0 Å². The van der Waals surface area contributed by atoms with Crippen LogP contribution < -0.4 is 9.47 Å². The van der Waals surface area contributed by atoms with Gasteiger partial charge in [0.15, 0.2) is 0 Å². The molecule has 0 heterocycles. The van der Waals surface area contributed by atoms with Crippen molar-refractivity contribution in [2.24, 2.45) is 0 Å². The van der Waals surface area contributed by atoms with Gasteiger partial charge >= 0.3 is 0 Å². The van der Waals surface area contributed by atoms with Crippen LogP contribution in [0.5, 0.6) is 11.5 Å². The summed E-state index contributed by atoms with van der Waals surface area (Å²) in [7, 11) is 3.30. The van der Waals surface area contributed by atoms with E-state index in [-0.39, 0.29) is 5.41 Å². The van der Waals surface area contributed by atoms with Gasteiger partial charge in [0, 0.05) is 0 Å². The maximum absolute atomic E-state index is 6.48. The summed E-state index contributed by atoms with van der Waals surface area (Å²) in [6.45, 7) is 0. The molecule has 3 rings (SSSR count). The molecule has 2 nitrogen and oxygen atoms in total. The predicted molar refractivity (Wildman–Crippen MR) is 85.8 cm³/mol. The lowest BCUT2D eigenvalue weighted by Gasteiger charge is -2.20. The normalized spacial score (nSPS) is 18.1. The summed E-state index contributed by atoms with van der Waals surface area (Å²) in [6.07, 6.45) is 0.696. The van der Waals surface area contributed by atoms with E-state index >= 15 is 0 Å². The first-order valence-corrected chi connectivity index (χ1v) is 7.46. The van der Waals surface area contributed by atoms with Gasteiger partial charge < -0.3 is 9.47 Å². The van der Waals surface area contributed by atoms with Crippen molar-refractivity contribution in [1.82, 2.24) is 0 Å². The lowest BCUT2D eigenvalue weighted by molar-refractivity contribution is 0.414. The van der Waals surface area contributed by atoms with E-state index in [9.17, 15) is 0 Å². The van der Waals surface area contributed by atoms with Gasteiger partial charge in [-0.15, -0.1) is 23.2 Å². The van der Waals surface area contributed by atoms with Gasteiger partial charge in [-0.25, -0.2) is 0 Å². The maximum atomic E-state index is 6.48. The summed E-state index contributed by atoms with van der Waals surface area (Å²) in [4.78, 5) is 0. The monoisotopic (exact) mass is 322 g/mol. The van der Waals surface area contributed by atoms with Crippen molar-refractivity contribution in [3.05, 3.63) is 59.7 Å². The van der Waals surface area contributed by atoms with Crippen LogP contribution in [0, 0.1) is 0 Å². The summed E-state index contributed by atoms with van der Waals surface area (Å²) in [6, 6.07) is 15.8. The highest BCUT2D eigenvalue weighted by Gasteiger charge is 2.68. The highest BCUT2D eigenvalue weighted by molar-refractivity contribution is 6.52. The van der Waals surface area contributed by atoms with Gasteiger partial charge in [-0.3, -0.25) is 0 Å². The molecule has 0 unspecified atom stereocenters. The Morgan fingerprint density at radius 1 is 0.762 bits per heavy atom. The number of methoxy groups -OCH3 is 2. The van der Waals surface area contributed by atoms with E-state index in [4.69, 9.17) is 32.7 Å². The van der Waals surface area contributed by atoms with Crippen molar-refractivity contribution in [3.8, 4) is 11.5 Å². The SMILES string of the molecule is COc1ccc(C2(c3ccc(OC)cc3)CC2(Cl)Cl)cc1. The average molecular weight is 323 g/mol. The molecular formula is C17H16Cl2O2. The molecule has 1 aliphatic rings.